The molecule has 4 heterocycles. The first-order valence-electron chi connectivity index (χ1n) is 10.0. The van der Waals surface area contributed by atoms with E-state index in [0.717, 1.165) is 0 Å². The molecule has 0 aromatic rings. The number of aliphatic hydroxyl groups excluding tert-OH is 1. The fraction of sp³-hybridized carbons (Fsp3) is 0.800. The molecule has 2 saturated carbocycles. The molecule has 5 fully saturated rings. The van der Waals surface area contributed by atoms with Crippen LogP contribution < -0.4 is 0 Å². The first-order chi connectivity index (χ1) is 13.1. The van der Waals surface area contributed by atoms with Crippen molar-refractivity contribution < 1.29 is 38.7 Å². The average Bonchev–Trinajstić information content (AvgIpc) is 3.54. The number of ether oxygens (including phenoxy) is 4. The minimum absolute atomic E-state index is 0.0429. The zero-order valence-electron chi connectivity index (χ0n) is 15.9. The molecule has 0 bridgehead atoms. The lowest BCUT2D eigenvalue weighted by atomic mass is 9.44. The average molecular weight is 390 g/mol. The van der Waals surface area contributed by atoms with Crippen molar-refractivity contribution in [2.24, 2.45) is 11.3 Å². The summed E-state index contributed by atoms with van der Waals surface area (Å²) in [5, 5.41) is 23.2. The number of fused-ring (bicyclic) bond motifs is 4. The molecule has 0 amide bonds. The SMILES string of the molecule is CC(C)[C@]12O[C@H]1[C@@H]1O[C@@]13[C@@]1(C)CCC4=C(COC4=O)[C@]1(O)[C@@H](O)[C@@H]1O[C@@]13C2=O. The first-order valence-corrected chi connectivity index (χ1v) is 10.0. The molecule has 3 saturated heterocycles. The summed E-state index contributed by atoms with van der Waals surface area (Å²) in [6.07, 6.45) is -2.17. The van der Waals surface area contributed by atoms with Gasteiger partial charge in [-0.1, -0.05) is 20.8 Å². The molecule has 4 aliphatic heterocycles. The summed E-state index contributed by atoms with van der Waals surface area (Å²) in [7, 11) is 0. The summed E-state index contributed by atoms with van der Waals surface area (Å²) in [5.74, 6) is -0.653. The van der Waals surface area contributed by atoms with Gasteiger partial charge in [0.2, 0.25) is 5.78 Å². The van der Waals surface area contributed by atoms with Gasteiger partial charge in [0.05, 0.1) is 0 Å². The van der Waals surface area contributed by atoms with Crippen molar-refractivity contribution in [3.05, 3.63) is 11.1 Å². The Morgan fingerprint density at radius 2 is 1.86 bits per heavy atom. The number of carbonyl (C=O) groups is 2. The lowest BCUT2D eigenvalue weighted by Crippen LogP contribution is -2.77. The molecule has 0 aromatic carbocycles. The van der Waals surface area contributed by atoms with Gasteiger partial charge < -0.3 is 29.2 Å². The van der Waals surface area contributed by atoms with Gasteiger partial charge in [-0.2, -0.15) is 0 Å². The van der Waals surface area contributed by atoms with E-state index in [0.29, 0.717) is 24.0 Å². The Bertz CT molecular complexity index is 940. The minimum Gasteiger partial charge on any atom is -0.458 e. The van der Waals surface area contributed by atoms with Crippen LogP contribution in [0.4, 0.5) is 0 Å². The quantitative estimate of drug-likeness (QED) is 0.450. The Labute approximate surface area is 160 Å². The number of ketones is 1. The summed E-state index contributed by atoms with van der Waals surface area (Å²) in [6, 6.07) is 0. The first kappa shape index (κ1) is 16.5. The Kier molecular flexibility index (Phi) is 2.34. The molecule has 28 heavy (non-hydrogen) atoms. The number of carbonyl (C=O) groups excluding carboxylic acids is 2. The lowest BCUT2D eigenvalue weighted by molar-refractivity contribution is -0.194. The normalized spacial score (nSPS) is 62.2. The van der Waals surface area contributed by atoms with E-state index in [4.69, 9.17) is 18.9 Å². The van der Waals surface area contributed by atoms with E-state index in [-0.39, 0.29) is 30.5 Å². The van der Waals surface area contributed by atoms with Gasteiger partial charge in [-0.05, 0) is 18.8 Å². The summed E-state index contributed by atoms with van der Waals surface area (Å²) >= 11 is 0. The predicted molar refractivity (Wildman–Crippen MR) is 88.9 cm³/mol. The van der Waals surface area contributed by atoms with Crippen molar-refractivity contribution in [3.8, 4) is 0 Å². The molecule has 7 rings (SSSR count). The molecule has 8 nitrogen and oxygen atoms in total. The molecule has 3 aliphatic carbocycles. The number of Topliss-reactive ketones (excluding diaryl/α,β-unsaturated/α-hetero) is 1. The summed E-state index contributed by atoms with van der Waals surface area (Å²) in [6.45, 7) is 5.68. The van der Waals surface area contributed by atoms with E-state index in [1.807, 2.05) is 20.8 Å². The van der Waals surface area contributed by atoms with Gasteiger partial charge in [-0.25, -0.2) is 4.79 Å². The van der Waals surface area contributed by atoms with Gasteiger partial charge in [0.1, 0.15) is 42.2 Å². The molecule has 7 aliphatic rings. The number of rotatable bonds is 1. The smallest absolute Gasteiger partial charge is 0.334 e. The number of cyclic esters (lactones) is 1. The fourth-order valence-corrected chi connectivity index (χ4v) is 7.48. The van der Waals surface area contributed by atoms with Gasteiger partial charge in [0.15, 0.2) is 11.2 Å². The highest BCUT2D eigenvalue weighted by molar-refractivity contribution is 6.05. The zero-order valence-corrected chi connectivity index (χ0v) is 15.9. The Balaban J connectivity index is 1.46. The van der Waals surface area contributed by atoms with Gasteiger partial charge in [-0.3, -0.25) is 4.79 Å². The largest absolute Gasteiger partial charge is 0.458 e. The molecular formula is C20H22O8. The van der Waals surface area contributed by atoms with Crippen molar-refractivity contribution in [2.75, 3.05) is 6.61 Å². The van der Waals surface area contributed by atoms with Gasteiger partial charge >= 0.3 is 5.97 Å². The van der Waals surface area contributed by atoms with Crippen molar-refractivity contribution in [1.82, 2.24) is 0 Å². The zero-order chi connectivity index (χ0) is 19.6. The van der Waals surface area contributed by atoms with E-state index in [1.54, 1.807) is 0 Å². The van der Waals surface area contributed by atoms with Gasteiger partial charge in [0.25, 0.3) is 0 Å². The van der Waals surface area contributed by atoms with Crippen LogP contribution in [0.5, 0.6) is 0 Å². The second-order valence-electron chi connectivity index (χ2n) is 9.94. The molecule has 2 N–H and O–H groups in total. The lowest BCUT2D eigenvalue weighted by Gasteiger charge is -2.57. The highest BCUT2D eigenvalue weighted by Crippen LogP contribution is 2.82. The Morgan fingerprint density at radius 3 is 2.57 bits per heavy atom. The van der Waals surface area contributed by atoms with Crippen LogP contribution in [0, 0.1) is 11.3 Å². The molecular weight excluding hydrogens is 368 g/mol. The van der Waals surface area contributed by atoms with Crippen LogP contribution in [0.25, 0.3) is 0 Å². The highest BCUT2D eigenvalue weighted by Gasteiger charge is 3.04. The van der Waals surface area contributed by atoms with E-state index in [9.17, 15) is 19.8 Å². The van der Waals surface area contributed by atoms with Crippen molar-refractivity contribution >= 4 is 11.8 Å². The number of esters is 1. The van der Waals surface area contributed by atoms with Crippen molar-refractivity contribution in [3.63, 3.8) is 0 Å². The topological polar surface area (TPSA) is 121 Å². The van der Waals surface area contributed by atoms with E-state index in [2.05, 4.69) is 0 Å². The maximum atomic E-state index is 13.7. The van der Waals surface area contributed by atoms with E-state index in [1.165, 1.54) is 0 Å². The maximum Gasteiger partial charge on any atom is 0.334 e. The second kappa shape index (κ2) is 3.98. The van der Waals surface area contributed by atoms with Crippen LogP contribution in [0.1, 0.15) is 33.6 Å². The van der Waals surface area contributed by atoms with Crippen LogP contribution in [-0.2, 0) is 28.5 Å². The highest BCUT2D eigenvalue weighted by atomic mass is 16.7. The van der Waals surface area contributed by atoms with Crippen LogP contribution in [0.3, 0.4) is 0 Å². The minimum atomic E-state index is -1.75. The summed E-state index contributed by atoms with van der Waals surface area (Å²) in [4.78, 5) is 25.8. The van der Waals surface area contributed by atoms with Crippen LogP contribution in [0.2, 0.25) is 0 Å². The third-order valence-corrected chi connectivity index (χ3v) is 9.05. The standard InChI is InChI=1S/C20H22O8/c1-7(2)17-12(26-17)13-20(28-13)16(3)5-4-8-9(6-25-14(8)22)18(16,24)10(21)11-19(20,27-11)15(17)23/h7,10-13,21,24H,4-6H2,1-3H3/t10-,11-,12-,13-,16-,17-,18-,19+,20+/m0/s1. The fourth-order valence-electron chi connectivity index (χ4n) is 7.48. The third-order valence-electron chi connectivity index (χ3n) is 9.05. The van der Waals surface area contributed by atoms with Crippen LogP contribution >= 0.6 is 0 Å². The second-order valence-corrected chi connectivity index (χ2v) is 9.94. The third kappa shape index (κ3) is 1.15. The van der Waals surface area contributed by atoms with Crippen LogP contribution in [-0.4, -0.2) is 75.4 Å². The van der Waals surface area contributed by atoms with E-state index < -0.39 is 46.0 Å². The maximum absolute atomic E-state index is 13.7. The molecule has 8 heteroatoms. The summed E-state index contributed by atoms with van der Waals surface area (Å²) < 4.78 is 23.4. The van der Waals surface area contributed by atoms with Gasteiger partial charge in [-0.15, -0.1) is 0 Å². The monoisotopic (exact) mass is 390 g/mol. The molecule has 150 valence electrons. The molecule has 9 atom stereocenters. The molecule has 0 unspecified atom stereocenters. The molecule has 0 radical (unpaired) electrons. The summed E-state index contributed by atoms with van der Waals surface area (Å²) in [5.41, 5.74) is -5.20. The van der Waals surface area contributed by atoms with Crippen LogP contribution in [0.15, 0.2) is 11.1 Å². The van der Waals surface area contributed by atoms with Gasteiger partial charge in [0, 0.05) is 16.6 Å². The predicted octanol–water partition coefficient (Wildman–Crippen LogP) is -0.603. The molecule has 2 spiro atoms. The Morgan fingerprint density at radius 1 is 1.11 bits per heavy atom. The number of hydrogen-bond donors (Lipinski definition) is 2. The van der Waals surface area contributed by atoms with Crippen molar-refractivity contribution in [1.29, 1.82) is 0 Å². The van der Waals surface area contributed by atoms with Crippen molar-refractivity contribution in [2.45, 2.75) is 80.4 Å². The number of hydrogen-bond acceptors (Lipinski definition) is 8. The molecule has 0 aromatic heterocycles. The number of aliphatic hydroxyl groups is 2. The Hall–Kier alpha value is -1.32. The number of epoxide rings is 3. The van der Waals surface area contributed by atoms with E-state index >= 15 is 0 Å².